The molecule has 0 bridgehead atoms. The normalized spacial score (nSPS) is 24.8. The first-order chi connectivity index (χ1) is 8.52. The molecule has 3 nitrogen and oxygen atoms in total. The number of fused-ring (bicyclic) bond motifs is 1. The van der Waals surface area contributed by atoms with Gasteiger partial charge in [0.1, 0.15) is 0 Å². The van der Waals surface area contributed by atoms with Crippen LogP contribution in [0.3, 0.4) is 0 Å². The third kappa shape index (κ3) is 2.08. The van der Waals surface area contributed by atoms with Crippen LogP contribution < -0.4 is 5.32 Å². The molecule has 3 atom stereocenters. The van der Waals surface area contributed by atoms with Gasteiger partial charge >= 0.3 is 0 Å². The molecule has 1 aromatic carbocycles. The molecule has 0 heterocycles. The van der Waals surface area contributed by atoms with Crippen molar-refractivity contribution < 1.29 is 8.42 Å². The molecule has 0 radical (unpaired) electrons. The van der Waals surface area contributed by atoms with Crippen LogP contribution in [-0.2, 0) is 16.3 Å². The van der Waals surface area contributed by atoms with Crippen molar-refractivity contribution in [2.75, 3.05) is 7.05 Å². The summed E-state index contributed by atoms with van der Waals surface area (Å²) in [6.07, 6.45) is 1.31. The van der Waals surface area contributed by atoms with Gasteiger partial charge in [0.25, 0.3) is 0 Å². The maximum atomic E-state index is 12.6. The lowest BCUT2D eigenvalue weighted by Gasteiger charge is -2.23. The van der Waals surface area contributed by atoms with Crippen LogP contribution in [0.5, 0.6) is 0 Å². The van der Waals surface area contributed by atoms with E-state index in [1.54, 1.807) is 0 Å². The zero-order valence-electron chi connectivity index (χ0n) is 11.2. The van der Waals surface area contributed by atoms with E-state index >= 15 is 0 Å². The SMILES string of the molecule is CCC(C)S(=O)(=O)C1Cc2ccccc2C1NC. The molecule has 1 aliphatic carbocycles. The Kier molecular flexibility index (Phi) is 3.78. The molecule has 0 saturated carbocycles. The molecule has 100 valence electrons. The predicted molar refractivity (Wildman–Crippen MR) is 74.4 cm³/mol. The Bertz CT molecular complexity index is 524. The topological polar surface area (TPSA) is 46.2 Å². The summed E-state index contributed by atoms with van der Waals surface area (Å²) in [5.74, 6) is 0. The minimum atomic E-state index is -3.08. The van der Waals surface area contributed by atoms with E-state index in [2.05, 4.69) is 5.32 Å². The fourth-order valence-electron chi connectivity index (χ4n) is 2.74. The van der Waals surface area contributed by atoms with Crippen LogP contribution in [0.15, 0.2) is 24.3 Å². The summed E-state index contributed by atoms with van der Waals surface area (Å²) in [7, 11) is -1.24. The fraction of sp³-hybridized carbons (Fsp3) is 0.571. The quantitative estimate of drug-likeness (QED) is 0.908. The van der Waals surface area contributed by atoms with Gasteiger partial charge in [-0.1, -0.05) is 31.2 Å². The van der Waals surface area contributed by atoms with Crippen molar-refractivity contribution in [2.24, 2.45) is 0 Å². The molecular formula is C14H21NO2S. The molecule has 4 heteroatoms. The highest BCUT2D eigenvalue weighted by Gasteiger charge is 2.41. The molecule has 1 N–H and O–H groups in total. The van der Waals surface area contributed by atoms with Crippen molar-refractivity contribution in [3.8, 4) is 0 Å². The highest BCUT2D eigenvalue weighted by atomic mass is 32.2. The average Bonchev–Trinajstić information content (AvgIpc) is 2.76. The van der Waals surface area contributed by atoms with E-state index in [9.17, 15) is 8.42 Å². The van der Waals surface area contributed by atoms with Crippen LogP contribution in [0.4, 0.5) is 0 Å². The summed E-state index contributed by atoms with van der Waals surface area (Å²) >= 11 is 0. The number of benzene rings is 1. The summed E-state index contributed by atoms with van der Waals surface area (Å²) in [5, 5.41) is 2.58. The van der Waals surface area contributed by atoms with Gasteiger partial charge in [-0.25, -0.2) is 8.42 Å². The smallest absolute Gasteiger partial charge is 0.157 e. The van der Waals surface area contributed by atoms with Crippen molar-refractivity contribution in [2.45, 2.75) is 43.2 Å². The molecule has 18 heavy (non-hydrogen) atoms. The highest BCUT2D eigenvalue weighted by Crippen LogP contribution is 2.36. The van der Waals surface area contributed by atoms with Gasteiger partial charge in [0.2, 0.25) is 0 Å². The third-order valence-corrected chi connectivity index (χ3v) is 6.79. The molecular weight excluding hydrogens is 246 g/mol. The second-order valence-electron chi connectivity index (χ2n) is 5.02. The monoisotopic (exact) mass is 267 g/mol. The lowest BCUT2D eigenvalue weighted by Crippen LogP contribution is -2.37. The van der Waals surface area contributed by atoms with Gasteiger partial charge in [0.15, 0.2) is 9.84 Å². The molecule has 3 unspecified atom stereocenters. The molecule has 1 aromatic rings. The highest BCUT2D eigenvalue weighted by molar-refractivity contribution is 7.92. The lowest BCUT2D eigenvalue weighted by molar-refractivity contribution is 0.525. The Morgan fingerprint density at radius 3 is 2.67 bits per heavy atom. The van der Waals surface area contributed by atoms with E-state index in [-0.39, 0.29) is 16.5 Å². The average molecular weight is 267 g/mol. The maximum Gasteiger partial charge on any atom is 0.157 e. The maximum absolute atomic E-state index is 12.6. The Balaban J connectivity index is 2.39. The van der Waals surface area contributed by atoms with Crippen molar-refractivity contribution in [3.05, 3.63) is 35.4 Å². The summed E-state index contributed by atoms with van der Waals surface area (Å²) in [5.41, 5.74) is 2.30. The molecule has 0 saturated heterocycles. The molecule has 1 aliphatic rings. The Morgan fingerprint density at radius 1 is 1.39 bits per heavy atom. The Morgan fingerprint density at radius 2 is 2.06 bits per heavy atom. The van der Waals surface area contributed by atoms with E-state index in [1.807, 2.05) is 45.2 Å². The predicted octanol–water partition coefficient (Wildman–Crippen LogP) is 2.09. The minimum Gasteiger partial charge on any atom is -0.312 e. The van der Waals surface area contributed by atoms with Gasteiger partial charge in [-0.05, 0) is 37.9 Å². The first kappa shape index (κ1) is 13.6. The van der Waals surface area contributed by atoms with E-state index in [0.717, 1.165) is 11.1 Å². The number of sulfone groups is 1. The van der Waals surface area contributed by atoms with Crippen molar-refractivity contribution in [1.29, 1.82) is 0 Å². The molecule has 0 aliphatic heterocycles. The lowest BCUT2D eigenvalue weighted by atomic mass is 10.1. The second-order valence-corrected chi connectivity index (χ2v) is 7.60. The van der Waals surface area contributed by atoms with E-state index < -0.39 is 9.84 Å². The summed E-state index contributed by atoms with van der Waals surface area (Å²) in [6.45, 7) is 3.74. The van der Waals surface area contributed by atoms with Gasteiger partial charge in [0.05, 0.1) is 10.5 Å². The molecule has 0 fully saturated rings. The van der Waals surface area contributed by atoms with Crippen molar-refractivity contribution >= 4 is 9.84 Å². The third-order valence-electron chi connectivity index (χ3n) is 4.05. The zero-order valence-corrected chi connectivity index (χ0v) is 12.0. The van der Waals surface area contributed by atoms with Gasteiger partial charge < -0.3 is 5.32 Å². The summed E-state index contributed by atoms with van der Waals surface area (Å²) in [6, 6.07) is 7.94. The van der Waals surface area contributed by atoms with Crippen LogP contribution >= 0.6 is 0 Å². The van der Waals surface area contributed by atoms with Crippen LogP contribution in [0.1, 0.15) is 37.4 Å². The van der Waals surface area contributed by atoms with Crippen molar-refractivity contribution in [3.63, 3.8) is 0 Å². The Labute approximate surface area is 110 Å². The van der Waals surface area contributed by atoms with Gasteiger partial charge in [-0.15, -0.1) is 0 Å². The van der Waals surface area contributed by atoms with Crippen LogP contribution in [-0.4, -0.2) is 26.0 Å². The molecule has 0 spiro atoms. The van der Waals surface area contributed by atoms with E-state index in [4.69, 9.17) is 0 Å². The summed E-state index contributed by atoms with van der Waals surface area (Å²) in [4.78, 5) is 0. The van der Waals surface area contributed by atoms with Gasteiger partial charge in [0, 0.05) is 6.04 Å². The zero-order chi connectivity index (χ0) is 13.3. The second kappa shape index (κ2) is 5.02. The van der Waals surface area contributed by atoms with Crippen molar-refractivity contribution in [1.82, 2.24) is 5.32 Å². The van der Waals surface area contributed by atoms with Crippen LogP contribution in [0.25, 0.3) is 0 Å². The first-order valence-corrected chi connectivity index (χ1v) is 8.11. The minimum absolute atomic E-state index is 0.0693. The number of hydrogen-bond acceptors (Lipinski definition) is 3. The van der Waals surface area contributed by atoms with E-state index in [1.165, 1.54) is 0 Å². The molecule has 0 aromatic heterocycles. The molecule has 0 amide bonds. The van der Waals surface area contributed by atoms with E-state index in [0.29, 0.717) is 12.8 Å². The van der Waals surface area contributed by atoms with Crippen LogP contribution in [0.2, 0.25) is 0 Å². The molecule has 2 rings (SSSR count). The fourth-order valence-corrected chi connectivity index (χ4v) is 4.87. The van der Waals surface area contributed by atoms with Gasteiger partial charge in [-0.3, -0.25) is 0 Å². The first-order valence-electron chi connectivity index (χ1n) is 6.50. The number of hydrogen-bond donors (Lipinski definition) is 1. The van der Waals surface area contributed by atoms with Crippen LogP contribution in [0, 0.1) is 0 Å². The largest absolute Gasteiger partial charge is 0.312 e. The van der Waals surface area contributed by atoms with Gasteiger partial charge in [-0.2, -0.15) is 0 Å². The summed E-state index contributed by atoms with van der Waals surface area (Å²) < 4.78 is 25.1. The standard InChI is InChI=1S/C14H21NO2S/c1-4-10(2)18(16,17)13-9-11-7-5-6-8-12(11)14(13)15-3/h5-8,10,13-15H,4,9H2,1-3H3. The number of rotatable bonds is 4. The number of nitrogens with one attached hydrogen (secondary N) is 1. The Hall–Kier alpha value is -0.870.